The number of nitrogens with one attached hydrogen (secondary N) is 1. The molecule has 1 fully saturated rings. The van der Waals surface area contributed by atoms with Crippen molar-refractivity contribution < 1.29 is 19.1 Å². The first kappa shape index (κ1) is 21.5. The van der Waals surface area contributed by atoms with Gasteiger partial charge in [0.05, 0.1) is 0 Å². The fourth-order valence-corrected chi connectivity index (χ4v) is 3.00. The summed E-state index contributed by atoms with van der Waals surface area (Å²) in [7, 11) is 0. The number of ether oxygens (including phenoxy) is 2. The van der Waals surface area contributed by atoms with Gasteiger partial charge in [-0.05, 0) is 50.6 Å². The lowest BCUT2D eigenvalue weighted by Crippen LogP contribution is -2.52. The van der Waals surface area contributed by atoms with Crippen molar-refractivity contribution in [3.8, 4) is 5.75 Å². The summed E-state index contributed by atoms with van der Waals surface area (Å²) in [4.78, 5) is 28.0. The largest absolute Gasteiger partial charge is 0.489 e. The van der Waals surface area contributed by atoms with Gasteiger partial charge in [-0.25, -0.2) is 9.59 Å². The molecule has 2 aromatic carbocycles. The van der Waals surface area contributed by atoms with Gasteiger partial charge in [0, 0.05) is 31.9 Å². The summed E-state index contributed by atoms with van der Waals surface area (Å²) in [5, 5.41) is 2.89. The van der Waals surface area contributed by atoms with E-state index in [0.29, 0.717) is 38.5 Å². The van der Waals surface area contributed by atoms with Crippen molar-refractivity contribution in [1.82, 2.24) is 9.80 Å². The van der Waals surface area contributed by atoms with E-state index in [0.717, 1.165) is 11.3 Å². The van der Waals surface area contributed by atoms with Gasteiger partial charge >= 0.3 is 12.1 Å². The molecule has 0 unspecified atom stereocenters. The van der Waals surface area contributed by atoms with Crippen molar-refractivity contribution in [2.24, 2.45) is 0 Å². The van der Waals surface area contributed by atoms with Gasteiger partial charge in [-0.3, -0.25) is 0 Å². The molecule has 7 heteroatoms. The minimum absolute atomic E-state index is 0.184. The molecule has 2 aromatic rings. The predicted octanol–water partition coefficient (Wildman–Crippen LogP) is 4.35. The van der Waals surface area contributed by atoms with Crippen LogP contribution in [0, 0.1) is 0 Å². The lowest BCUT2D eigenvalue weighted by atomic mass is 10.2. The molecule has 0 atom stereocenters. The standard InChI is InChI=1S/C23H29N3O4/c1-23(2,3)30-22(28)26-15-13-25(14-16-26)21(27)24-19-9-11-20(12-10-19)29-17-18-7-5-4-6-8-18/h4-12H,13-17H2,1-3H3,(H,24,27). The van der Waals surface area contributed by atoms with Gasteiger partial charge < -0.3 is 24.6 Å². The van der Waals surface area contributed by atoms with Crippen LogP contribution in [-0.4, -0.2) is 53.7 Å². The maximum absolute atomic E-state index is 12.5. The average molecular weight is 412 g/mol. The normalized spacial score (nSPS) is 14.2. The SMILES string of the molecule is CC(C)(C)OC(=O)N1CCN(C(=O)Nc2ccc(OCc3ccccc3)cc2)CC1. The number of hydrogen-bond donors (Lipinski definition) is 1. The third kappa shape index (κ3) is 6.40. The van der Waals surface area contributed by atoms with Crippen molar-refractivity contribution in [3.63, 3.8) is 0 Å². The summed E-state index contributed by atoms with van der Waals surface area (Å²) in [5.41, 5.74) is 1.27. The molecule has 0 saturated carbocycles. The van der Waals surface area contributed by atoms with E-state index in [2.05, 4.69) is 5.32 Å². The third-order valence-corrected chi connectivity index (χ3v) is 4.57. The quantitative estimate of drug-likeness (QED) is 0.812. The van der Waals surface area contributed by atoms with Gasteiger partial charge in [-0.2, -0.15) is 0 Å². The van der Waals surface area contributed by atoms with Crippen LogP contribution in [0.15, 0.2) is 54.6 Å². The molecule has 0 spiro atoms. The molecule has 30 heavy (non-hydrogen) atoms. The Balaban J connectivity index is 1.44. The van der Waals surface area contributed by atoms with Crippen molar-refractivity contribution in [3.05, 3.63) is 60.2 Å². The molecule has 0 radical (unpaired) electrons. The second kappa shape index (κ2) is 9.52. The van der Waals surface area contributed by atoms with Gasteiger partial charge in [-0.1, -0.05) is 30.3 Å². The first-order chi connectivity index (χ1) is 14.3. The zero-order valence-corrected chi connectivity index (χ0v) is 17.8. The molecule has 3 amide bonds. The van der Waals surface area contributed by atoms with Gasteiger partial charge in [0.15, 0.2) is 0 Å². The van der Waals surface area contributed by atoms with Gasteiger partial charge in [0.1, 0.15) is 18.0 Å². The highest BCUT2D eigenvalue weighted by Crippen LogP contribution is 2.18. The molecule has 0 bridgehead atoms. The zero-order chi connectivity index (χ0) is 21.6. The number of rotatable bonds is 4. The van der Waals surface area contributed by atoms with Crippen molar-refractivity contribution in [1.29, 1.82) is 0 Å². The Morgan fingerprint density at radius 3 is 2.10 bits per heavy atom. The van der Waals surface area contributed by atoms with Crippen LogP contribution < -0.4 is 10.1 Å². The Hall–Kier alpha value is -3.22. The molecule has 1 N–H and O–H groups in total. The van der Waals surface area contributed by atoms with E-state index in [1.54, 1.807) is 9.80 Å². The first-order valence-electron chi connectivity index (χ1n) is 10.1. The van der Waals surface area contributed by atoms with Crippen LogP contribution in [0.1, 0.15) is 26.3 Å². The topological polar surface area (TPSA) is 71.1 Å². The molecule has 7 nitrogen and oxygen atoms in total. The van der Waals surface area contributed by atoms with E-state index in [1.165, 1.54) is 0 Å². The Morgan fingerprint density at radius 1 is 0.900 bits per heavy atom. The minimum Gasteiger partial charge on any atom is -0.489 e. The maximum atomic E-state index is 12.5. The first-order valence-corrected chi connectivity index (χ1v) is 10.1. The minimum atomic E-state index is -0.525. The van der Waals surface area contributed by atoms with E-state index in [9.17, 15) is 9.59 Å². The Morgan fingerprint density at radius 2 is 1.50 bits per heavy atom. The summed E-state index contributed by atoms with van der Waals surface area (Å²) in [5.74, 6) is 0.739. The second-order valence-corrected chi connectivity index (χ2v) is 8.18. The van der Waals surface area contributed by atoms with E-state index in [-0.39, 0.29) is 12.1 Å². The van der Waals surface area contributed by atoms with Crippen molar-refractivity contribution >= 4 is 17.8 Å². The lowest BCUT2D eigenvalue weighted by Gasteiger charge is -2.35. The summed E-state index contributed by atoms with van der Waals surface area (Å²) in [6.45, 7) is 7.84. The highest BCUT2D eigenvalue weighted by Gasteiger charge is 2.27. The number of anilines is 1. The second-order valence-electron chi connectivity index (χ2n) is 8.18. The van der Waals surface area contributed by atoms with E-state index in [4.69, 9.17) is 9.47 Å². The Bertz CT molecular complexity index is 839. The number of hydrogen-bond acceptors (Lipinski definition) is 4. The molecule has 0 aromatic heterocycles. The van der Waals surface area contributed by atoms with E-state index in [1.807, 2.05) is 75.4 Å². The van der Waals surface area contributed by atoms with Crippen molar-refractivity contribution in [2.45, 2.75) is 33.0 Å². The number of nitrogens with zero attached hydrogens (tertiary/aromatic N) is 2. The predicted molar refractivity (Wildman–Crippen MR) is 116 cm³/mol. The lowest BCUT2D eigenvalue weighted by molar-refractivity contribution is 0.0174. The number of urea groups is 1. The molecule has 1 saturated heterocycles. The average Bonchev–Trinajstić information content (AvgIpc) is 2.73. The van der Waals surface area contributed by atoms with Crippen LogP contribution in [0.5, 0.6) is 5.75 Å². The summed E-state index contributed by atoms with van der Waals surface area (Å²) < 4.78 is 11.1. The Labute approximate surface area is 177 Å². The summed E-state index contributed by atoms with van der Waals surface area (Å²) >= 11 is 0. The van der Waals surface area contributed by atoms with Crippen LogP contribution in [0.3, 0.4) is 0 Å². The molecule has 1 aliphatic heterocycles. The smallest absolute Gasteiger partial charge is 0.410 e. The van der Waals surface area contributed by atoms with Crippen LogP contribution >= 0.6 is 0 Å². The molecule has 0 aliphatic carbocycles. The highest BCUT2D eigenvalue weighted by atomic mass is 16.6. The monoisotopic (exact) mass is 411 g/mol. The highest BCUT2D eigenvalue weighted by molar-refractivity contribution is 5.89. The van der Waals surface area contributed by atoms with Gasteiger partial charge in [0.2, 0.25) is 0 Å². The zero-order valence-electron chi connectivity index (χ0n) is 17.8. The summed E-state index contributed by atoms with van der Waals surface area (Å²) in [6.07, 6.45) is -0.339. The van der Waals surface area contributed by atoms with Crippen LogP contribution in [0.2, 0.25) is 0 Å². The number of amides is 3. The van der Waals surface area contributed by atoms with E-state index >= 15 is 0 Å². The Kier molecular flexibility index (Phi) is 6.82. The van der Waals surface area contributed by atoms with Crippen LogP contribution in [-0.2, 0) is 11.3 Å². The molecular formula is C23H29N3O4. The number of benzene rings is 2. The number of carbonyl (C=O) groups excluding carboxylic acids is 2. The molecular weight excluding hydrogens is 382 g/mol. The van der Waals surface area contributed by atoms with Gasteiger partial charge in [0.25, 0.3) is 0 Å². The summed E-state index contributed by atoms with van der Waals surface area (Å²) in [6, 6.07) is 17.1. The fourth-order valence-electron chi connectivity index (χ4n) is 3.00. The number of piperazine rings is 1. The van der Waals surface area contributed by atoms with Gasteiger partial charge in [-0.15, -0.1) is 0 Å². The van der Waals surface area contributed by atoms with E-state index < -0.39 is 5.60 Å². The molecule has 1 aliphatic rings. The molecule has 1 heterocycles. The molecule has 160 valence electrons. The fraction of sp³-hybridized carbons (Fsp3) is 0.391. The third-order valence-electron chi connectivity index (χ3n) is 4.57. The maximum Gasteiger partial charge on any atom is 0.410 e. The number of carbonyl (C=O) groups is 2. The molecule has 3 rings (SSSR count). The van der Waals surface area contributed by atoms with Crippen LogP contribution in [0.4, 0.5) is 15.3 Å². The van der Waals surface area contributed by atoms with Crippen molar-refractivity contribution in [2.75, 3.05) is 31.5 Å². The van der Waals surface area contributed by atoms with Crippen LogP contribution in [0.25, 0.3) is 0 Å².